The monoisotopic (exact) mass is 438 g/mol. The number of methoxy groups -OCH3 is 1. The highest BCUT2D eigenvalue weighted by Gasteiger charge is 2.46. The molecule has 1 aromatic carbocycles. The number of benzene rings is 1. The minimum Gasteiger partial charge on any atom is -0.493 e. The number of alkyl halides is 3. The number of likely N-dealkylation sites (tertiary alicyclic amines) is 1. The lowest BCUT2D eigenvalue weighted by molar-refractivity contribution is -0.173. The maximum Gasteiger partial charge on any atom is 0.410 e. The number of hydrogen-bond acceptors (Lipinski definition) is 5. The van der Waals surface area contributed by atoms with Crippen molar-refractivity contribution in [2.75, 3.05) is 25.6 Å². The van der Waals surface area contributed by atoms with Gasteiger partial charge in [0.2, 0.25) is 0 Å². The lowest BCUT2D eigenvalue weighted by Gasteiger charge is -2.31. The molecular formula is C22H29F3N4O2. The first-order valence-electron chi connectivity index (χ1n) is 10.8. The van der Waals surface area contributed by atoms with E-state index in [4.69, 9.17) is 9.47 Å². The summed E-state index contributed by atoms with van der Waals surface area (Å²) < 4.78 is 52.9. The van der Waals surface area contributed by atoms with Crippen molar-refractivity contribution in [1.29, 1.82) is 0 Å². The molecule has 1 N–H and O–H groups in total. The molecule has 4 rings (SSSR count). The second-order valence-corrected chi connectivity index (χ2v) is 8.28. The second kappa shape index (κ2) is 8.61. The first-order valence-corrected chi connectivity index (χ1v) is 10.8. The van der Waals surface area contributed by atoms with E-state index in [9.17, 15) is 13.2 Å². The summed E-state index contributed by atoms with van der Waals surface area (Å²) >= 11 is 0. The Morgan fingerprint density at radius 1 is 1.23 bits per heavy atom. The molecule has 2 aliphatic rings. The van der Waals surface area contributed by atoms with Crippen LogP contribution in [0.4, 0.5) is 19.0 Å². The van der Waals surface area contributed by atoms with Crippen LogP contribution in [0.1, 0.15) is 56.5 Å². The van der Waals surface area contributed by atoms with Gasteiger partial charge in [0.05, 0.1) is 25.5 Å². The Morgan fingerprint density at radius 2 is 2.03 bits per heavy atom. The molecule has 1 saturated heterocycles. The lowest BCUT2D eigenvalue weighted by atomic mass is 10.1. The SMILES string of the molecule is CCOc1cc(CN2CCC[C@@H]2c2cc3n(n2)[C@@H](C(F)(F)F)C[C@@H](C)N3)ccc1OC. The lowest BCUT2D eigenvalue weighted by Crippen LogP contribution is -2.37. The van der Waals surface area contributed by atoms with Gasteiger partial charge in [-0.2, -0.15) is 18.3 Å². The van der Waals surface area contributed by atoms with Gasteiger partial charge in [0.1, 0.15) is 5.82 Å². The molecule has 170 valence electrons. The average molecular weight is 438 g/mol. The zero-order valence-corrected chi connectivity index (χ0v) is 18.1. The standard InChI is InChI=1S/C22H29F3N4O2/c1-4-31-19-11-15(7-8-18(19)30-3)13-28-9-5-6-17(28)16-12-21-26-14(2)10-20(22(23,24)25)29(21)27-16/h7-8,11-12,14,17,20,26H,4-6,9-10,13H2,1-3H3/t14-,17-,20-/m1/s1. The minimum absolute atomic E-state index is 0.0123. The number of anilines is 1. The first kappa shape index (κ1) is 21.8. The molecule has 3 atom stereocenters. The normalized spacial score (nSPS) is 24.0. The largest absolute Gasteiger partial charge is 0.493 e. The maximum absolute atomic E-state index is 13.6. The summed E-state index contributed by atoms with van der Waals surface area (Å²) in [5.41, 5.74) is 1.77. The fourth-order valence-corrected chi connectivity index (χ4v) is 4.61. The van der Waals surface area contributed by atoms with E-state index in [1.165, 1.54) is 0 Å². The van der Waals surface area contributed by atoms with Crippen LogP contribution in [0.2, 0.25) is 0 Å². The van der Waals surface area contributed by atoms with E-state index in [1.807, 2.05) is 25.1 Å². The van der Waals surface area contributed by atoms with Crippen molar-refractivity contribution in [3.05, 3.63) is 35.5 Å². The molecule has 31 heavy (non-hydrogen) atoms. The third-order valence-corrected chi connectivity index (χ3v) is 6.02. The molecule has 0 radical (unpaired) electrons. The third kappa shape index (κ3) is 4.46. The smallest absolute Gasteiger partial charge is 0.410 e. The Bertz CT molecular complexity index is 915. The molecule has 0 unspecified atom stereocenters. The molecule has 2 aliphatic heterocycles. The van der Waals surface area contributed by atoms with Crippen LogP contribution in [0.5, 0.6) is 11.5 Å². The molecule has 9 heteroatoms. The molecule has 1 fully saturated rings. The first-order chi connectivity index (χ1) is 14.8. The molecule has 6 nitrogen and oxygen atoms in total. The predicted molar refractivity (Wildman–Crippen MR) is 112 cm³/mol. The van der Waals surface area contributed by atoms with Crippen LogP contribution in [0.3, 0.4) is 0 Å². The fourth-order valence-electron chi connectivity index (χ4n) is 4.61. The Morgan fingerprint density at radius 3 is 2.74 bits per heavy atom. The van der Waals surface area contributed by atoms with Crippen LogP contribution in [0.15, 0.2) is 24.3 Å². The van der Waals surface area contributed by atoms with Crippen molar-refractivity contribution in [1.82, 2.24) is 14.7 Å². The summed E-state index contributed by atoms with van der Waals surface area (Å²) in [6, 6.07) is 5.80. The molecule has 0 aliphatic carbocycles. The van der Waals surface area contributed by atoms with Gasteiger partial charge in [-0.1, -0.05) is 6.07 Å². The molecule has 1 aromatic heterocycles. The van der Waals surface area contributed by atoms with Gasteiger partial charge in [-0.15, -0.1) is 0 Å². The van der Waals surface area contributed by atoms with Gasteiger partial charge in [-0.25, -0.2) is 4.68 Å². The van der Waals surface area contributed by atoms with Crippen LogP contribution < -0.4 is 14.8 Å². The van der Waals surface area contributed by atoms with Gasteiger partial charge in [0, 0.05) is 18.7 Å². The summed E-state index contributed by atoms with van der Waals surface area (Å²) in [6.45, 7) is 5.78. The van der Waals surface area contributed by atoms with Crippen LogP contribution in [0, 0.1) is 0 Å². The number of nitrogens with one attached hydrogen (secondary N) is 1. The van der Waals surface area contributed by atoms with Gasteiger partial charge >= 0.3 is 6.18 Å². The number of nitrogens with zero attached hydrogens (tertiary/aromatic N) is 3. The topological polar surface area (TPSA) is 51.5 Å². The molecule has 2 aromatic rings. The second-order valence-electron chi connectivity index (χ2n) is 8.28. The van der Waals surface area contributed by atoms with Crippen molar-refractivity contribution in [3.63, 3.8) is 0 Å². The summed E-state index contributed by atoms with van der Waals surface area (Å²) in [7, 11) is 1.61. The van der Waals surface area contributed by atoms with E-state index in [0.29, 0.717) is 36.2 Å². The summed E-state index contributed by atoms with van der Waals surface area (Å²) in [6.07, 6.45) is -2.48. The Labute approximate surface area is 180 Å². The Hall–Kier alpha value is -2.42. The quantitative estimate of drug-likeness (QED) is 0.693. The summed E-state index contributed by atoms with van der Waals surface area (Å²) in [5.74, 6) is 1.83. The van der Waals surface area contributed by atoms with Crippen molar-refractivity contribution < 1.29 is 22.6 Å². The van der Waals surface area contributed by atoms with Crippen LogP contribution in [-0.2, 0) is 6.54 Å². The Kier molecular flexibility index (Phi) is 6.05. The molecule has 0 saturated carbocycles. The van der Waals surface area contributed by atoms with E-state index in [2.05, 4.69) is 15.3 Å². The van der Waals surface area contributed by atoms with Crippen LogP contribution >= 0.6 is 0 Å². The molecule has 0 spiro atoms. The van der Waals surface area contributed by atoms with Gasteiger partial charge in [-0.05, 0) is 57.4 Å². The number of aromatic nitrogens is 2. The fraction of sp³-hybridized carbons (Fsp3) is 0.591. The summed E-state index contributed by atoms with van der Waals surface area (Å²) in [5, 5.41) is 7.59. The van der Waals surface area contributed by atoms with E-state index in [-0.39, 0.29) is 18.5 Å². The number of halogens is 3. The van der Waals surface area contributed by atoms with E-state index >= 15 is 0 Å². The van der Waals surface area contributed by atoms with Crippen molar-refractivity contribution in [2.24, 2.45) is 0 Å². The highest BCUT2D eigenvalue weighted by molar-refractivity contribution is 5.44. The summed E-state index contributed by atoms with van der Waals surface area (Å²) in [4.78, 5) is 2.28. The Balaban J connectivity index is 1.57. The van der Waals surface area contributed by atoms with E-state index in [0.717, 1.165) is 29.6 Å². The van der Waals surface area contributed by atoms with Gasteiger partial charge in [0.15, 0.2) is 17.5 Å². The molecular weight excluding hydrogens is 409 g/mol. The van der Waals surface area contributed by atoms with Gasteiger partial charge in [0.25, 0.3) is 0 Å². The predicted octanol–water partition coefficient (Wildman–Crippen LogP) is 4.94. The van der Waals surface area contributed by atoms with Crippen LogP contribution in [0.25, 0.3) is 0 Å². The van der Waals surface area contributed by atoms with Crippen LogP contribution in [-0.4, -0.2) is 47.2 Å². The molecule has 0 amide bonds. The van der Waals surface area contributed by atoms with Crippen molar-refractivity contribution in [3.8, 4) is 11.5 Å². The zero-order chi connectivity index (χ0) is 22.2. The zero-order valence-electron chi connectivity index (χ0n) is 18.1. The number of ether oxygens (including phenoxy) is 2. The highest BCUT2D eigenvalue weighted by Crippen LogP contribution is 2.42. The highest BCUT2D eigenvalue weighted by atomic mass is 19.4. The minimum atomic E-state index is -4.32. The number of fused-ring (bicyclic) bond motifs is 1. The maximum atomic E-state index is 13.6. The average Bonchev–Trinajstić information content (AvgIpc) is 3.33. The van der Waals surface area contributed by atoms with Crippen molar-refractivity contribution in [2.45, 2.75) is 64.0 Å². The molecule has 3 heterocycles. The third-order valence-electron chi connectivity index (χ3n) is 6.02. The number of rotatable bonds is 6. The number of hydrogen-bond donors (Lipinski definition) is 1. The van der Waals surface area contributed by atoms with Gasteiger partial charge < -0.3 is 14.8 Å². The molecule has 0 bridgehead atoms. The van der Waals surface area contributed by atoms with Gasteiger partial charge in [-0.3, -0.25) is 4.90 Å². The van der Waals surface area contributed by atoms with E-state index in [1.54, 1.807) is 20.1 Å². The van der Waals surface area contributed by atoms with E-state index < -0.39 is 12.2 Å². The van der Waals surface area contributed by atoms with Crippen molar-refractivity contribution >= 4 is 5.82 Å².